The van der Waals surface area contributed by atoms with E-state index in [1.165, 1.54) is 22.7 Å². The van der Waals surface area contributed by atoms with E-state index in [1.54, 1.807) is 35.0 Å². The second-order valence-corrected chi connectivity index (χ2v) is 6.71. The zero-order valence-corrected chi connectivity index (χ0v) is 14.7. The number of carbonyl (C=O) groups excluding carboxylic acids is 4. The van der Waals surface area contributed by atoms with Crippen LogP contribution in [0.15, 0.2) is 35.0 Å². The quantitative estimate of drug-likeness (QED) is 0.564. The average molecular weight is 380 g/mol. The molecule has 4 amide bonds. The molecule has 0 unspecified atom stereocenters. The van der Waals surface area contributed by atoms with Crippen molar-refractivity contribution in [3.8, 4) is 0 Å². The van der Waals surface area contributed by atoms with Crippen molar-refractivity contribution in [3.05, 3.63) is 44.8 Å². The first-order chi connectivity index (χ1) is 12.1. The van der Waals surface area contributed by atoms with Crippen molar-refractivity contribution in [1.29, 1.82) is 0 Å². The van der Waals surface area contributed by atoms with Crippen LogP contribution in [0.25, 0.3) is 0 Å². The first-order valence-electron chi connectivity index (χ1n) is 7.31. The fourth-order valence-corrected chi connectivity index (χ4v) is 2.96. The van der Waals surface area contributed by atoms with Gasteiger partial charge in [-0.2, -0.15) is 0 Å². The van der Waals surface area contributed by atoms with Gasteiger partial charge < -0.3 is 0 Å². The molecule has 2 aromatic rings. The van der Waals surface area contributed by atoms with Crippen molar-refractivity contribution in [2.45, 2.75) is 19.3 Å². The molecule has 2 heterocycles. The highest BCUT2D eigenvalue weighted by Gasteiger charge is 2.10. The zero-order valence-electron chi connectivity index (χ0n) is 13.0. The van der Waals surface area contributed by atoms with Crippen LogP contribution in [0.5, 0.6) is 0 Å². The Balaban J connectivity index is 1.56. The first-order valence-corrected chi connectivity index (χ1v) is 9.07. The molecule has 4 N–H and O–H groups in total. The van der Waals surface area contributed by atoms with Gasteiger partial charge in [0.25, 0.3) is 11.8 Å². The fourth-order valence-electron chi connectivity index (χ4n) is 1.73. The Kier molecular flexibility index (Phi) is 7.11. The Labute approximate surface area is 151 Å². The van der Waals surface area contributed by atoms with Crippen molar-refractivity contribution in [3.63, 3.8) is 0 Å². The summed E-state index contributed by atoms with van der Waals surface area (Å²) in [7, 11) is 0. The molecule has 0 fully saturated rings. The Morgan fingerprint density at radius 2 is 1.16 bits per heavy atom. The Morgan fingerprint density at radius 1 is 0.720 bits per heavy atom. The molecule has 0 spiro atoms. The third-order valence-electron chi connectivity index (χ3n) is 2.93. The van der Waals surface area contributed by atoms with Crippen LogP contribution in [0, 0.1) is 0 Å². The predicted octanol–water partition coefficient (Wildman–Crippen LogP) is 1.20. The number of nitrogens with one attached hydrogen (secondary N) is 4. The second-order valence-electron chi connectivity index (χ2n) is 4.81. The minimum Gasteiger partial charge on any atom is -0.273 e. The molecule has 0 saturated heterocycles. The van der Waals surface area contributed by atoms with Gasteiger partial charge in [0.15, 0.2) is 0 Å². The van der Waals surface area contributed by atoms with E-state index in [1.807, 2.05) is 0 Å². The Morgan fingerprint density at radius 3 is 1.52 bits per heavy atom. The average Bonchev–Trinajstić information content (AvgIpc) is 3.30. The fraction of sp³-hybridized carbons (Fsp3) is 0.200. The van der Waals surface area contributed by atoms with E-state index >= 15 is 0 Å². The van der Waals surface area contributed by atoms with Gasteiger partial charge >= 0.3 is 0 Å². The minimum absolute atomic E-state index is 0.0665. The summed E-state index contributed by atoms with van der Waals surface area (Å²) >= 11 is 2.52. The molecule has 0 bridgehead atoms. The van der Waals surface area contributed by atoms with Crippen LogP contribution in [-0.2, 0) is 9.59 Å². The molecule has 0 aliphatic rings. The van der Waals surface area contributed by atoms with Crippen molar-refractivity contribution in [2.75, 3.05) is 0 Å². The minimum atomic E-state index is -0.402. The lowest BCUT2D eigenvalue weighted by molar-refractivity contribution is -0.123. The van der Waals surface area contributed by atoms with Crippen molar-refractivity contribution in [2.24, 2.45) is 0 Å². The van der Waals surface area contributed by atoms with Crippen LogP contribution in [0.2, 0.25) is 0 Å². The summed E-state index contributed by atoms with van der Waals surface area (Å²) in [5.41, 5.74) is 9.15. The third-order valence-corrected chi connectivity index (χ3v) is 4.67. The number of thiophene rings is 2. The third kappa shape index (κ3) is 6.36. The molecule has 10 heteroatoms. The van der Waals surface area contributed by atoms with Crippen LogP contribution in [0.1, 0.15) is 38.6 Å². The van der Waals surface area contributed by atoms with E-state index < -0.39 is 23.6 Å². The molecule has 0 radical (unpaired) electrons. The molecule has 2 aromatic heterocycles. The molecule has 8 nitrogen and oxygen atoms in total. The highest BCUT2D eigenvalue weighted by molar-refractivity contribution is 7.12. The number of hydrogen-bond donors (Lipinski definition) is 4. The van der Waals surface area contributed by atoms with Gasteiger partial charge in [0.2, 0.25) is 11.8 Å². The van der Waals surface area contributed by atoms with Crippen molar-refractivity contribution >= 4 is 46.3 Å². The maximum absolute atomic E-state index is 11.6. The Bertz CT molecular complexity index is 667. The molecule has 132 valence electrons. The maximum Gasteiger partial charge on any atom is 0.279 e. The van der Waals surface area contributed by atoms with Gasteiger partial charge in [0, 0.05) is 12.8 Å². The van der Waals surface area contributed by atoms with Crippen LogP contribution in [0.4, 0.5) is 0 Å². The highest BCUT2D eigenvalue weighted by Crippen LogP contribution is 2.08. The van der Waals surface area contributed by atoms with Gasteiger partial charge in [-0.3, -0.25) is 40.9 Å². The van der Waals surface area contributed by atoms with Crippen molar-refractivity contribution < 1.29 is 19.2 Å². The van der Waals surface area contributed by atoms with E-state index in [-0.39, 0.29) is 19.3 Å². The van der Waals surface area contributed by atoms with Gasteiger partial charge in [-0.15, -0.1) is 22.7 Å². The number of rotatable bonds is 6. The molecule has 0 saturated carbocycles. The summed E-state index contributed by atoms with van der Waals surface area (Å²) < 4.78 is 0. The van der Waals surface area contributed by atoms with Crippen LogP contribution >= 0.6 is 22.7 Å². The molecular weight excluding hydrogens is 364 g/mol. The monoisotopic (exact) mass is 380 g/mol. The van der Waals surface area contributed by atoms with Gasteiger partial charge in [-0.05, 0) is 29.3 Å². The number of amides is 4. The van der Waals surface area contributed by atoms with Crippen molar-refractivity contribution in [1.82, 2.24) is 21.7 Å². The molecule has 0 aromatic carbocycles. The largest absolute Gasteiger partial charge is 0.279 e. The van der Waals surface area contributed by atoms with Crippen LogP contribution < -0.4 is 21.7 Å². The lowest BCUT2D eigenvalue weighted by Crippen LogP contribution is -2.42. The molecule has 0 atom stereocenters. The van der Waals surface area contributed by atoms with Gasteiger partial charge in [-0.1, -0.05) is 12.1 Å². The first kappa shape index (κ1) is 18.6. The topological polar surface area (TPSA) is 116 Å². The molecule has 25 heavy (non-hydrogen) atoms. The van der Waals surface area contributed by atoms with Gasteiger partial charge in [0.05, 0.1) is 9.75 Å². The summed E-state index contributed by atoms with van der Waals surface area (Å²) in [4.78, 5) is 47.4. The smallest absolute Gasteiger partial charge is 0.273 e. The van der Waals surface area contributed by atoms with E-state index in [4.69, 9.17) is 0 Å². The number of carbonyl (C=O) groups is 4. The van der Waals surface area contributed by atoms with E-state index in [0.29, 0.717) is 9.75 Å². The number of hydrazine groups is 2. The van der Waals surface area contributed by atoms with E-state index in [0.717, 1.165) is 0 Å². The highest BCUT2D eigenvalue weighted by atomic mass is 32.1. The molecular formula is C15H16N4O4S2. The summed E-state index contributed by atoms with van der Waals surface area (Å²) in [6, 6.07) is 6.75. The standard InChI is InChI=1S/C15H16N4O4S2/c20-12(16-18-14(22)10-4-2-8-24-10)6-1-7-13(21)17-19-15(23)11-5-3-9-25-11/h2-5,8-9H,1,6-7H2,(H,16,20)(H,17,21)(H,18,22)(H,19,23). The molecule has 0 aliphatic heterocycles. The van der Waals surface area contributed by atoms with Crippen LogP contribution in [-0.4, -0.2) is 23.6 Å². The zero-order chi connectivity index (χ0) is 18.1. The SMILES string of the molecule is O=C(CCCC(=O)NNC(=O)c1cccs1)NNC(=O)c1cccs1. The Hall–Kier alpha value is -2.72. The molecule has 2 rings (SSSR count). The lowest BCUT2D eigenvalue weighted by Gasteiger charge is -2.07. The summed E-state index contributed by atoms with van der Waals surface area (Å²) in [6.07, 6.45) is 0.412. The van der Waals surface area contributed by atoms with Gasteiger partial charge in [0.1, 0.15) is 0 Å². The summed E-state index contributed by atoms with van der Waals surface area (Å²) in [6.45, 7) is 0. The summed E-state index contributed by atoms with van der Waals surface area (Å²) in [5.74, 6) is -1.59. The number of hydrogen-bond acceptors (Lipinski definition) is 6. The second kappa shape index (κ2) is 9.55. The normalized spacial score (nSPS) is 9.92. The summed E-state index contributed by atoms with van der Waals surface area (Å²) in [5, 5.41) is 3.51. The molecule has 0 aliphatic carbocycles. The predicted molar refractivity (Wildman–Crippen MR) is 93.7 cm³/mol. The van der Waals surface area contributed by atoms with Gasteiger partial charge in [-0.25, -0.2) is 0 Å². The van der Waals surface area contributed by atoms with E-state index in [2.05, 4.69) is 21.7 Å². The maximum atomic E-state index is 11.6. The lowest BCUT2D eigenvalue weighted by atomic mass is 10.2. The van der Waals surface area contributed by atoms with Crippen LogP contribution in [0.3, 0.4) is 0 Å². The van der Waals surface area contributed by atoms with E-state index in [9.17, 15) is 19.2 Å².